The first-order valence-electron chi connectivity index (χ1n) is 9.45. The van der Waals surface area contributed by atoms with Gasteiger partial charge in [-0.05, 0) is 25.1 Å². The summed E-state index contributed by atoms with van der Waals surface area (Å²) in [5.41, 5.74) is 2.38. The van der Waals surface area contributed by atoms with Gasteiger partial charge in [0.15, 0.2) is 11.5 Å². The first kappa shape index (κ1) is 20.8. The Kier molecular flexibility index (Phi) is 6.35. The summed E-state index contributed by atoms with van der Waals surface area (Å²) in [6.07, 6.45) is 0. The minimum Gasteiger partial charge on any atom is -0.493 e. The highest BCUT2D eigenvalue weighted by Gasteiger charge is 2.20. The second-order valence-electron chi connectivity index (χ2n) is 6.62. The number of benzene rings is 1. The molecule has 1 aliphatic heterocycles. The molecule has 0 aliphatic carbocycles. The van der Waals surface area contributed by atoms with Crippen molar-refractivity contribution in [1.82, 2.24) is 20.1 Å². The van der Waals surface area contributed by atoms with E-state index in [2.05, 4.69) is 15.2 Å². The van der Waals surface area contributed by atoms with Crippen molar-refractivity contribution in [1.29, 1.82) is 0 Å². The van der Waals surface area contributed by atoms with E-state index >= 15 is 0 Å². The molecule has 0 bridgehead atoms. The molecule has 8 nitrogen and oxygen atoms in total. The lowest BCUT2D eigenvalue weighted by molar-refractivity contribution is -0.132. The molecule has 4 rings (SSSR count). The van der Waals surface area contributed by atoms with Gasteiger partial charge in [-0.2, -0.15) is 0 Å². The number of hydrogen-bond acceptors (Lipinski definition) is 9. The van der Waals surface area contributed by atoms with Crippen molar-refractivity contribution in [2.24, 2.45) is 0 Å². The Balaban J connectivity index is 1.62. The van der Waals surface area contributed by atoms with Crippen LogP contribution in [-0.2, 0) is 9.53 Å². The van der Waals surface area contributed by atoms with E-state index in [1.165, 1.54) is 11.8 Å². The maximum atomic E-state index is 12.5. The molecule has 1 fully saturated rings. The summed E-state index contributed by atoms with van der Waals surface area (Å²) in [6.45, 7) is 4.40. The Morgan fingerprint density at radius 2 is 1.97 bits per heavy atom. The SMILES string of the molecule is COc1ccc(-c2nnc(SCC(=O)N3CCOCC3)c3nc(C)sc23)cc1OC. The first-order chi connectivity index (χ1) is 14.6. The third-order valence-corrected chi connectivity index (χ3v) is 6.66. The topological polar surface area (TPSA) is 86.7 Å². The molecule has 10 heteroatoms. The monoisotopic (exact) mass is 446 g/mol. The normalized spacial score (nSPS) is 14.2. The van der Waals surface area contributed by atoms with Gasteiger partial charge in [0, 0.05) is 18.7 Å². The lowest BCUT2D eigenvalue weighted by atomic mass is 10.1. The van der Waals surface area contributed by atoms with Gasteiger partial charge >= 0.3 is 0 Å². The highest BCUT2D eigenvalue weighted by Crippen LogP contribution is 2.38. The molecule has 1 amide bonds. The van der Waals surface area contributed by atoms with Gasteiger partial charge in [-0.15, -0.1) is 21.5 Å². The van der Waals surface area contributed by atoms with Crippen molar-refractivity contribution in [2.45, 2.75) is 11.9 Å². The number of rotatable bonds is 6. The molecular weight excluding hydrogens is 424 g/mol. The molecule has 30 heavy (non-hydrogen) atoms. The van der Waals surface area contributed by atoms with Crippen LogP contribution in [0.3, 0.4) is 0 Å². The zero-order valence-corrected chi connectivity index (χ0v) is 18.6. The van der Waals surface area contributed by atoms with E-state index in [1.54, 1.807) is 25.6 Å². The average Bonchev–Trinajstić information content (AvgIpc) is 3.18. The second-order valence-corrected chi connectivity index (χ2v) is 8.78. The van der Waals surface area contributed by atoms with E-state index in [0.29, 0.717) is 48.6 Å². The highest BCUT2D eigenvalue weighted by molar-refractivity contribution is 8.00. The number of amides is 1. The molecule has 3 heterocycles. The van der Waals surface area contributed by atoms with Gasteiger partial charge in [0.25, 0.3) is 0 Å². The predicted molar refractivity (Wildman–Crippen MR) is 117 cm³/mol. The van der Waals surface area contributed by atoms with Crippen molar-refractivity contribution < 1.29 is 19.0 Å². The van der Waals surface area contributed by atoms with E-state index in [1.807, 2.05) is 30.0 Å². The fourth-order valence-corrected chi connectivity index (χ4v) is 5.04. The molecule has 2 aromatic heterocycles. The van der Waals surface area contributed by atoms with Crippen LogP contribution in [-0.4, -0.2) is 72.3 Å². The molecule has 3 aromatic rings. The largest absolute Gasteiger partial charge is 0.493 e. The quantitative estimate of drug-likeness (QED) is 0.534. The van der Waals surface area contributed by atoms with Crippen LogP contribution in [0.5, 0.6) is 11.5 Å². The molecule has 0 spiro atoms. The summed E-state index contributed by atoms with van der Waals surface area (Å²) < 4.78 is 17.0. The Hall–Kier alpha value is -2.43. The van der Waals surface area contributed by atoms with Gasteiger partial charge < -0.3 is 19.1 Å². The van der Waals surface area contributed by atoms with Crippen molar-refractivity contribution >= 4 is 39.2 Å². The van der Waals surface area contributed by atoms with Crippen LogP contribution in [0.4, 0.5) is 0 Å². The predicted octanol–water partition coefficient (Wildman–Crippen LogP) is 3.03. The third kappa shape index (κ3) is 4.21. The number of carbonyl (C=O) groups is 1. The number of thiazole rings is 1. The number of nitrogens with zero attached hydrogens (tertiary/aromatic N) is 4. The Morgan fingerprint density at radius 3 is 2.70 bits per heavy atom. The maximum absolute atomic E-state index is 12.5. The van der Waals surface area contributed by atoms with Crippen LogP contribution in [0.2, 0.25) is 0 Å². The van der Waals surface area contributed by atoms with Gasteiger partial charge in [-0.25, -0.2) is 4.98 Å². The van der Waals surface area contributed by atoms with Crippen LogP contribution >= 0.6 is 23.1 Å². The van der Waals surface area contributed by atoms with Crippen LogP contribution in [0.25, 0.3) is 21.5 Å². The number of methoxy groups -OCH3 is 2. The fourth-order valence-electron chi connectivity index (χ4n) is 3.22. The molecule has 0 radical (unpaired) electrons. The summed E-state index contributed by atoms with van der Waals surface area (Å²) in [5, 5.41) is 10.5. The number of ether oxygens (including phenoxy) is 3. The number of aryl methyl sites for hydroxylation is 1. The molecule has 0 saturated carbocycles. The van der Waals surface area contributed by atoms with E-state index in [0.717, 1.165) is 26.5 Å². The van der Waals surface area contributed by atoms with Crippen molar-refractivity contribution in [2.75, 3.05) is 46.3 Å². The molecule has 1 aliphatic rings. The summed E-state index contributed by atoms with van der Waals surface area (Å²) in [4.78, 5) is 19.0. The van der Waals surface area contributed by atoms with Crippen LogP contribution < -0.4 is 9.47 Å². The minimum absolute atomic E-state index is 0.0779. The third-order valence-electron chi connectivity index (χ3n) is 4.75. The van der Waals surface area contributed by atoms with Gasteiger partial charge in [-0.1, -0.05) is 11.8 Å². The van der Waals surface area contributed by atoms with Gasteiger partial charge in [0.2, 0.25) is 5.91 Å². The zero-order chi connectivity index (χ0) is 21.1. The highest BCUT2D eigenvalue weighted by atomic mass is 32.2. The van der Waals surface area contributed by atoms with Crippen LogP contribution in [0.1, 0.15) is 5.01 Å². The summed E-state index contributed by atoms with van der Waals surface area (Å²) in [6, 6.07) is 5.65. The molecule has 1 aromatic carbocycles. The first-order valence-corrected chi connectivity index (χ1v) is 11.3. The Labute approximate surface area is 182 Å². The van der Waals surface area contributed by atoms with Crippen molar-refractivity contribution in [3.05, 3.63) is 23.2 Å². The molecule has 0 atom stereocenters. The number of fused-ring (bicyclic) bond motifs is 1. The average molecular weight is 447 g/mol. The lowest BCUT2D eigenvalue weighted by Gasteiger charge is -2.26. The molecule has 0 unspecified atom stereocenters. The van der Waals surface area contributed by atoms with Gasteiger partial charge in [0.05, 0.1) is 42.9 Å². The van der Waals surface area contributed by atoms with E-state index in [9.17, 15) is 4.79 Å². The van der Waals surface area contributed by atoms with Crippen molar-refractivity contribution in [3.63, 3.8) is 0 Å². The minimum atomic E-state index is 0.0779. The maximum Gasteiger partial charge on any atom is 0.233 e. The standard InChI is InChI=1S/C20H22N4O4S2/c1-12-21-18-19(30-12)17(13-4-5-14(26-2)15(10-13)27-3)22-23-20(18)29-11-16(25)24-6-8-28-9-7-24/h4-5,10H,6-9,11H2,1-3H3. The van der Waals surface area contributed by atoms with Gasteiger partial charge in [-0.3, -0.25) is 4.79 Å². The Bertz CT molecular complexity index is 1070. The number of hydrogen-bond donors (Lipinski definition) is 0. The van der Waals surface area contributed by atoms with E-state index in [4.69, 9.17) is 14.2 Å². The molecule has 0 N–H and O–H groups in total. The smallest absolute Gasteiger partial charge is 0.233 e. The summed E-state index contributed by atoms with van der Waals surface area (Å²) in [5.74, 6) is 1.66. The van der Waals surface area contributed by atoms with E-state index in [-0.39, 0.29) is 5.91 Å². The van der Waals surface area contributed by atoms with Gasteiger partial charge in [0.1, 0.15) is 16.2 Å². The second kappa shape index (κ2) is 9.15. The van der Waals surface area contributed by atoms with Crippen LogP contribution in [0.15, 0.2) is 23.2 Å². The Morgan fingerprint density at radius 1 is 1.20 bits per heavy atom. The zero-order valence-electron chi connectivity index (χ0n) is 17.0. The number of carbonyl (C=O) groups excluding carboxylic acids is 1. The summed E-state index contributed by atoms with van der Waals surface area (Å²) in [7, 11) is 3.21. The number of morpholine rings is 1. The lowest BCUT2D eigenvalue weighted by Crippen LogP contribution is -2.41. The number of thioether (sulfide) groups is 1. The van der Waals surface area contributed by atoms with E-state index < -0.39 is 0 Å². The molecular formula is C20H22N4O4S2. The fraction of sp³-hybridized carbons (Fsp3) is 0.400. The van der Waals surface area contributed by atoms with Crippen molar-refractivity contribution in [3.8, 4) is 22.8 Å². The number of aromatic nitrogens is 3. The molecule has 158 valence electrons. The molecule has 1 saturated heterocycles. The summed E-state index contributed by atoms with van der Waals surface area (Å²) >= 11 is 2.94. The van der Waals surface area contributed by atoms with Crippen LogP contribution in [0, 0.1) is 6.92 Å².